The maximum Gasteiger partial charge on any atom is 0.241 e. The SMILES string of the molecule is CNC(C(=O)NCC1CCCCC1)c1cnn(C)c1.Cl. The van der Waals surface area contributed by atoms with Crippen LogP contribution in [-0.4, -0.2) is 29.3 Å². The molecule has 1 aliphatic carbocycles. The number of nitrogens with zero attached hydrogens (tertiary/aromatic N) is 2. The number of aromatic nitrogens is 2. The molecule has 1 fully saturated rings. The van der Waals surface area contributed by atoms with Crippen molar-refractivity contribution in [3.8, 4) is 0 Å². The number of amides is 1. The summed E-state index contributed by atoms with van der Waals surface area (Å²) in [6, 6.07) is -0.308. The summed E-state index contributed by atoms with van der Waals surface area (Å²) in [5.74, 6) is 0.699. The Morgan fingerprint density at radius 2 is 2.15 bits per heavy atom. The lowest BCUT2D eigenvalue weighted by Gasteiger charge is -2.23. The van der Waals surface area contributed by atoms with Crippen LogP contribution in [0.3, 0.4) is 0 Å². The quantitative estimate of drug-likeness (QED) is 0.872. The Morgan fingerprint density at radius 3 is 2.70 bits per heavy atom. The average Bonchev–Trinajstić information content (AvgIpc) is 2.85. The topological polar surface area (TPSA) is 59.0 Å². The van der Waals surface area contributed by atoms with Gasteiger partial charge in [-0.05, 0) is 25.8 Å². The molecule has 2 rings (SSSR count). The van der Waals surface area contributed by atoms with Crippen LogP contribution in [0.25, 0.3) is 0 Å². The number of nitrogens with one attached hydrogen (secondary N) is 2. The van der Waals surface area contributed by atoms with Gasteiger partial charge in [0.15, 0.2) is 0 Å². The van der Waals surface area contributed by atoms with Crippen molar-refractivity contribution in [3.63, 3.8) is 0 Å². The molecule has 1 saturated carbocycles. The van der Waals surface area contributed by atoms with Crippen LogP contribution in [0.15, 0.2) is 12.4 Å². The first-order valence-corrected chi connectivity index (χ1v) is 7.14. The number of carbonyl (C=O) groups excluding carboxylic acids is 1. The van der Waals surface area contributed by atoms with E-state index in [9.17, 15) is 4.79 Å². The van der Waals surface area contributed by atoms with Gasteiger partial charge in [0.25, 0.3) is 0 Å². The fourth-order valence-electron chi connectivity index (χ4n) is 2.78. The van der Waals surface area contributed by atoms with Crippen LogP contribution >= 0.6 is 12.4 Å². The Bertz CT molecular complexity index is 415. The molecule has 20 heavy (non-hydrogen) atoms. The maximum atomic E-state index is 12.2. The van der Waals surface area contributed by atoms with Gasteiger partial charge >= 0.3 is 0 Å². The monoisotopic (exact) mass is 300 g/mol. The molecule has 2 N–H and O–H groups in total. The zero-order valence-corrected chi connectivity index (χ0v) is 13.1. The fourth-order valence-corrected chi connectivity index (χ4v) is 2.78. The normalized spacial score (nSPS) is 17.3. The molecule has 5 nitrogen and oxygen atoms in total. The van der Waals surface area contributed by atoms with Crippen LogP contribution in [0.4, 0.5) is 0 Å². The van der Waals surface area contributed by atoms with Crippen LogP contribution in [0.2, 0.25) is 0 Å². The van der Waals surface area contributed by atoms with Gasteiger partial charge in [0.05, 0.1) is 6.20 Å². The predicted octanol–water partition coefficient (Wildman–Crippen LogP) is 1.80. The van der Waals surface area contributed by atoms with E-state index >= 15 is 0 Å². The molecule has 0 aliphatic heterocycles. The minimum atomic E-state index is -0.308. The van der Waals surface area contributed by atoms with Crippen molar-refractivity contribution in [1.82, 2.24) is 20.4 Å². The van der Waals surface area contributed by atoms with E-state index in [0.29, 0.717) is 5.92 Å². The van der Waals surface area contributed by atoms with Crippen molar-refractivity contribution in [1.29, 1.82) is 0 Å². The third-order valence-corrected chi connectivity index (χ3v) is 3.90. The average molecular weight is 301 g/mol. The summed E-state index contributed by atoms with van der Waals surface area (Å²) >= 11 is 0. The maximum absolute atomic E-state index is 12.2. The second kappa shape index (κ2) is 8.27. The molecule has 1 atom stereocenters. The smallest absolute Gasteiger partial charge is 0.241 e. The molecule has 0 spiro atoms. The lowest BCUT2D eigenvalue weighted by Crippen LogP contribution is -2.38. The third kappa shape index (κ3) is 4.49. The minimum absolute atomic E-state index is 0. The molecular weight excluding hydrogens is 276 g/mol. The number of carbonyl (C=O) groups is 1. The summed E-state index contributed by atoms with van der Waals surface area (Å²) in [5.41, 5.74) is 0.908. The largest absolute Gasteiger partial charge is 0.354 e. The van der Waals surface area contributed by atoms with Crippen molar-refractivity contribution < 1.29 is 4.79 Å². The molecule has 114 valence electrons. The Morgan fingerprint density at radius 1 is 1.45 bits per heavy atom. The molecular formula is C14H25ClN4O. The number of halogens is 1. The van der Waals surface area contributed by atoms with Gasteiger partial charge < -0.3 is 10.6 Å². The highest BCUT2D eigenvalue weighted by Crippen LogP contribution is 2.23. The first-order chi connectivity index (χ1) is 9.20. The summed E-state index contributed by atoms with van der Waals surface area (Å²) in [6.45, 7) is 0.803. The van der Waals surface area contributed by atoms with Gasteiger partial charge in [-0.15, -0.1) is 12.4 Å². The number of hydrogen-bond donors (Lipinski definition) is 2. The zero-order valence-electron chi connectivity index (χ0n) is 12.3. The molecule has 1 aromatic heterocycles. The van der Waals surface area contributed by atoms with Crippen molar-refractivity contribution in [3.05, 3.63) is 18.0 Å². The molecule has 1 unspecified atom stereocenters. The van der Waals surface area contributed by atoms with Crippen LogP contribution in [0.1, 0.15) is 43.7 Å². The van der Waals surface area contributed by atoms with Crippen LogP contribution in [0.5, 0.6) is 0 Å². The number of likely N-dealkylation sites (N-methyl/N-ethyl adjacent to an activating group) is 1. The second-order valence-corrected chi connectivity index (χ2v) is 5.42. The molecule has 1 aliphatic rings. The molecule has 1 heterocycles. The summed E-state index contributed by atoms with van der Waals surface area (Å²) in [5, 5.41) is 10.2. The summed E-state index contributed by atoms with van der Waals surface area (Å²) in [6.07, 6.45) is 10.1. The number of rotatable bonds is 5. The van der Waals surface area contributed by atoms with E-state index in [2.05, 4.69) is 15.7 Å². The summed E-state index contributed by atoms with van der Waals surface area (Å²) < 4.78 is 1.72. The van der Waals surface area contributed by atoms with Gasteiger partial charge in [0.2, 0.25) is 5.91 Å². The summed E-state index contributed by atoms with van der Waals surface area (Å²) in [7, 11) is 3.66. The highest BCUT2D eigenvalue weighted by Gasteiger charge is 2.21. The third-order valence-electron chi connectivity index (χ3n) is 3.90. The van der Waals surface area contributed by atoms with E-state index in [1.807, 2.05) is 13.2 Å². The van der Waals surface area contributed by atoms with E-state index in [4.69, 9.17) is 0 Å². The second-order valence-electron chi connectivity index (χ2n) is 5.42. The molecule has 1 amide bonds. The Balaban J connectivity index is 0.00000200. The van der Waals surface area contributed by atoms with Crippen LogP contribution in [-0.2, 0) is 11.8 Å². The predicted molar refractivity (Wildman–Crippen MR) is 81.8 cm³/mol. The number of aryl methyl sites for hydroxylation is 1. The molecule has 0 aromatic carbocycles. The van der Waals surface area contributed by atoms with E-state index in [1.165, 1.54) is 32.1 Å². The van der Waals surface area contributed by atoms with E-state index < -0.39 is 0 Å². The highest BCUT2D eigenvalue weighted by atomic mass is 35.5. The zero-order chi connectivity index (χ0) is 13.7. The first kappa shape index (κ1) is 17.0. The van der Waals surface area contributed by atoms with Crippen molar-refractivity contribution >= 4 is 18.3 Å². The van der Waals surface area contributed by atoms with Gasteiger partial charge in [-0.1, -0.05) is 19.3 Å². The first-order valence-electron chi connectivity index (χ1n) is 7.14. The van der Waals surface area contributed by atoms with Crippen molar-refractivity contribution in [2.45, 2.75) is 38.1 Å². The van der Waals surface area contributed by atoms with Crippen LogP contribution < -0.4 is 10.6 Å². The van der Waals surface area contributed by atoms with E-state index in [1.54, 1.807) is 17.9 Å². The molecule has 1 aromatic rings. The fraction of sp³-hybridized carbons (Fsp3) is 0.714. The molecule has 0 saturated heterocycles. The van der Waals surface area contributed by atoms with Crippen LogP contribution in [0, 0.1) is 5.92 Å². The Kier molecular flexibility index (Phi) is 7.02. The molecule has 0 bridgehead atoms. The Hall–Kier alpha value is -1.07. The van der Waals surface area contributed by atoms with Gasteiger partial charge in [-0.3, -0.25) is 9.48 Å². The number of hydrogen-bond acceptors (Lipinski definition) is 3. The van der Waals surface area contributed by atoms with E-state index in [-0.39, 0.29) is 24.4 Å². The van der Waals surface area contributed by atoms with Gasteiger partial charge in [0, 0.05) is 25.4 Å². The Labute approximate surface area is 126 Å². The molecule has 0 radical (unpaired) electrons. The standard InChI is InChI=1S/C14H24N4O.ClH/c1-15-13(12-9-17-18(2)10-12)14(19)16-8-11-6-4-3-5-7-11;/h9-11,13,15H,3-8H2,1-2H3,(H,16,19);1H. The lowest BCUT2D eigenvalue weighted by atomic mass is 9.89. The molecule has 6 heteroatoms. The highest BCUT2D eigenvalue weighted by molar-refractivity contribution is 5.85. The van der Waals surface area contributed by atoms with Gasteiger partial charge in [0.1, 0.15) is 6.04 Å². The van der Waals surface area contributed by atoms with Crippen molar-refractivity contribution in [2.24, 2.45) is 13.0 Å². The van der Waals surface area contributed by atoms with E-state index in [0.717, 1.165) is 12.1 Å². The minimum Gasteiger partial charge on any atom is -0.354 e. The lowest BCUT2D eigenvalue weighted by molar-refractivity contribution is -0.123. The van der Waals surface area contributed by atoms with Gasteiger partial charge in [-0.25, -0.2) is 0 Å². The van der Waals surface area contributed by atoms with Crippen molar-refractivity contribution in [2.75, 3.05) is 13.6 Å². The summed E-state index contributed by atoms with van der Waals surface area (Å²) in [4.78, 5) is 12.2. The van der Waals surface area contributed by atoms with Gasteiger partial charge in [-0.2, -0.15) is 5.10 Å².